The Morgan fingerprint density at radius 3 is 2.10 bits per heavy atom. The van der Waals surface area contributed by atoms with Crippen LogP contribution in [-0.4, -0.2) is 99.7 Å². The number of anilines is 2. The third kappa shape index (κ3) is 17.0. The number of nitrogens with zero attached hydrogens (tertiary/aromatic N) is 1. The fourth-order valence-corrected chi connectivity index (χ4v) is 8.39. The van der Waals surface area contributed by atoms with E-state index in [1.807, 2.05) is 6.07 Å². The van der Waals surface area contributed by atoms with Gasteiger partial charge in [0.25, 0.3) is 5.91 Å². The van der Waals surface area contributed by atoms with Gasteiger partial charge in [-0.3, -0.25) is 19.7 Å². The van der Waals surface area contributed by atoms with E-state index in [0.29, 0.717) is 40.7 Å². The van der Waals surface area contributed by atoms with Crippen molar-refractivity contribution in [1.82, 2.24) is 15.5 Å². The lowest BCUT2D eigenvalue weighted by Crippen LogP contribution is -2.53. The Kier molecular flexibility index (Phi) is 20.6. The van der Waals surface area contributed by atoms with Crippen molar-refractivity contribution in [3.8, 4) is 11.5 Å². The summed E-state index contributed by atoms with van der Waals surface area (Å²) < 4.78 is 34.9. The molecular weight excluding hydrogens is 1010 g/mol. The number of methoxy groups -OCH3 is 1. The molecule has 4 rings (SSSR count). The fourth-order valence-electron chi connectivity index (χ4n) is 7.03. The van der Waals surface area contributed by atoms with Gasteiger partial charge in [0, 0.05) is 23.6 Å². The summed E-state index contributed by atoms with van der Waals surface area (Å²) in [6.45, 7) is 29.2. The lowest BCUT2D eigenvalue weighted by Gasteiger charge is -2.38. The molecule has 5 amide bonds. The Labute approximate surface area is 433 Å². The van der Waals surface area contributed by atoms with Crippen molar-refractivity contribution >= 4 is 71.5 Å². The Hall–Kier alpha value is -6.18. The van der Waals surface area contributed by atoms with E-state index in [1.54, 1.807) is 75.9 Å². The van der Waals surface area contributed by atoms with Crippen molar-refractivity contribution in [2.45, 2.75) is 129 Å². The van der Waals surface area contributed by atoms with Crippen LogP contribution in [0.1, 0.15) is 106 Å². The molecule has 1 aliphatic heterocycles. The minimum Gasteiger partial charge on any atom is -0.493 e. The summed E-state index contributed by atoms with van der Waals surface area (Å²) in [7, 11) is -0.737. The highest BCUT2D eigenvalue weighted by atomic mass is 79.9. The quantitative estimate of drug-likeness (QED) is 0.0258. The van der Waals surface area contributed by atoms with Gasteiger partial charge in [0.1, 0.15) is 37.5 Å². The van der Waals surface area contributed by atoms with Crippen LogP contribution in [0, 0.1) is 5.92 Å². The number of likely N-dealkylation sites (tertiary alicyclic amines) is 1. The van der Waals surface area contributed by atoms with Gasteiger partial charge in [0.15, 0.2) is 19.8 Å². The highest BCUT2D eigenvalue weighted by Crippen LogP contribution is 2.39. The molecule has 0 aromatic heterocycles. The van der Waals surface area contributed by atoms with Crippen LogP contribution < -0.4 is 30.7 Å². The van der Waals surface area contributed by atoms with Crippen LogP contribution in [0.5, 0.6) is 11.5 Å². The molecule has 4 N–H and O–H groups in total. The molecule has 1 fully saturated rings. The highest BCUT2D eigenvalue weighted by Gasteiger charge is 2.40. The molecule has 0 radical (unpaired) electrons. The van der Waals surface area contributed by atoms with Crippen molar-refractivity contribution in [1.29, 1.82) is 0 Å². The number of carbonyl (C=O) groups is 6. The van der Waals surface area contributed by atoms with E-state index in [2.05, 4.69) is 84.2 Å². The van der Waals surface area contributed by atoms with Crippen LogP contribution in [0.3, 0.4) is 0 Å². The van der Waals surface area contributed by atoms with Gasteiger partial charge in [-0.05, 0) is 105 Å². The summed E-state index contributed by atoms with van der Waals surface area (Å²) >= 11 is 3.49. The van der Waals surface area contributed by atoms with E-state index < -0.39 is 61.9 Å². The smallest absolute Gasteiger partial charge is 0.411 e. The average Bonchev–Trinajstić information content (AvgIpc) is 3.69. The number of hydrogen-bond donors (Lipinski definition) is 4. The van der Waals surface area contributed by atoms with Crippen LogP contribution >= 0.6 is 15.9 Å². The molecule has 1 saturated heterocycles. The van der Waals surface area contributed by atoms with Gasteiger partial charge in [-0.2, -0.15) is 0 Å². The average molecular weight is 1080 g/mol. The molecule has 3 aromatic carbocycles. The molecule has 72 heavy (non-hydrogen) atoms. The summed E-state index contributed by atoms with van der Waals surface area (Å²) in [6, 6.07) is 12.6. The third-order valence-corrected chi connectivity index (χ3v) is 17.1. The van der Waals surface area contributed by atoms with Crippen molar-refractivity contribution in [2.75, 3.05) is 37.5 Å². The lowest BCUT2D eigenvalue weighted by molar-refractivity contribution is -0.128. The predicted molar refractivity (Wildman–Crippen MR) is 283 cm³/mol. The molecule has 19 heteroatoms. The number of carbonyl (C=O) groups excluding carboxylic acids is 6. The zero-order valence-corrected chi connectivity index (χ0v) is 46.3. The Morgan fingerprint density at radius 1 is 0.833 bits per heavy atom. The number of alkyl halides is 1. The zero-order chi connectivity index (χ0) is 53.7. The second-order valence-corrected chi connectivity index (χ2v) is 25.9. The van der Waals surface area contributed by atoms with Gasteiger partial charge < -0.3 is 49.0 Å². The van der Waals surface area contributed by atoms with E-state index in [4.69, 9.17) is 28.1 Å². The molecule has 3 aromatic rings. The number of ether oxygens (including phenoxy) is 5. The summed E-state index contributed by atoms with van der Waals surface area (Å²) in [4.78, 5) is 81.3. The standard InChI is InChI=1S/C53H72BrN5O12Si/c1-15-20-67-51(65)58-45(32(2)3)47(61)55-34(5)46(60)56-39-18-16-35(17-19-39)29-69-50(64)57-42-26-44(68-30-37-22-36(27-54)23-38(24-37)49(63)71-52(6,7)8)43(66-12)25-41(42)48(62)59-28-33(4)21-40(59)31-70-72(13,14)53(9,10)11/h15-19,22-26,32,34,40,45H,1,4,20-21,27-31H2,2-3,5-14H3,(H,55,61)(H,56,60)(H,57,64)(H,58,65). The second kappa shape index (κ2) is 25.5. The molecule has 0 bridgehead atoms. The number of benzene rings is 3. The second-order valence-electron chi connectivity index (χ2n) is 20.5. The summed E-state index contributed by atoms with van der Waals surface area (Å²) in [5.74, 6) is -1.84. The molecule has 3 atom stereocenters. The molecule has 392 valence electrons. The normalized spacial score (nSPS) is 14.7. The first-order valence-corrected chi connectivity index (χ1v) is 27.7. The van der Waals surface area contributed by atoms with Crippen LogP contribution in [0.15, 0.2) is 79.4 Å². The Morgan fingerprint density at radius 2 is 1.50 bits per heavy atom. The number of amides is 5. The predicted octanol–water partition coefficient (Wildman–Crippen LogP) is 10.0. The molecular formula is C53H72BrN5O12Si. The topological polar surface area (TPSA) is 209 Å². The number of alkyl carbamates (subject to hydrolysis) is 1. The largest absolute Gasteiger partial charge is 0.493 e. The van der Waals surface area contributed by atoms with Crippen molar-refractivity contribution < 1.29 is 56.9 Å². The number of esters is 1. The number of halogens is 1. The van der Waals surface area contributed by atoms with E-state index in [-0.39, 0.29) is 66.1 Å². The van der Waals surface area contributed by atoms with Gasteiger partial charge in [-0.1, -0.05) is 93.6 Å². The summed E-state index contributed by atoms with van der Waals surface area (Å²) in [6.07, 6.45) is 0.290. The number of hydrogen-bond acceptors (Lipinski definition) is 12. The number of nitrogens with one attached hydrogen (secondary N) is 4. The Balaban J connectivity index is 1.55. The van der Waals surface area contributed by atoms with Crippen LogP contribution in [0.25, 0.3) is 0 Å². The maximum absolute atomic E-state index is 14.7. The first kappa shape index (κ1) is 58.4. The lowest BCUT2D eigenvalue weighted by atomic mass is 10.0. The van der Waals surface area contributed by atoms with Crippen LogP contribution in [0.4, 0.5) is 21.0 Å². The van der Waals surface area contributed by atoms with Crippen molar-refractivity contribution in [3.05, 3.63) is 107 Å². The monoisotopic (exact) mass is 1080 g/mol. The van der Waals surface area contributed by atoms with E-state index >= 15 is 0 Å². The molecule has 0 saturated carbocycles. The molecule has 1 heterocycles. The minimum atomic E-state index is -2.18. The molecule has 0 aliphatic carbocycles. The van der Waals surface area contributed by atoms with Gasteiger partial charge in [0.05, 0.1) is 36.6 Å². The zero-order valence-electron chi connectivity index (χ0n) is 43.7. The van der Waals surface area contributed by atoms with Gasteiger partial charge in [-0.25, -0.2) is 14.4 Å². The Bertz CT molecular complexity index is 2470. The molecule has 17 nitrogen and oxygen atoms in total. The summed E-state index contributed by atoms with van der Waals surface area (Å²) in [5, 5.41) is 11.1. The van der Waals surface area contributed by atoms with Crippen molar-refractivity contribution in [2.24, 2.45) is 5.92 Å². The molecule has 0 spiro atoms. The van der Waals surface area contributed by atoms with Crippen LogP contribution in [-0.2, 0) is 46.8 Å². The third-order valence-electron chi connectivity index (χ3n) is 12.0. The van der Waals surface area contributed by atoms with Crippen molar-refractivity contribution in [3.63, 3.8) is 0 Å². The summed E-state index contributed by atoms with van der Waals surface area (Å²) in [5.41, 5.74) is 3.18. The van der Waals surface area contributed by atoms with Crippen LogP contribution in [0.2, 0.25) is 18.1 Å². The molecule has 3 unspecified atom stereocenters. The van der Waals surface area contributed by atoms with E-state index in [0.717, 1.165) is 11.1 Å². The number of rotatable bonds is 21. The highest BCUT2D eigenvalue weighted by molar-refractivity contribution is 9.08. The van der Waals surface area contributed by atoms with Gasteiger partial charge in [0.2, 0.25) is 11.8 Å². The maximum Gasteiger partial charge on any atom is 0.411 e. The first-order chi connectivity index (χ1) is 33.6. The molecule has 1 aliphatic rings. The first-order valence-electron chi connectivity index (χ1n) is 23.7. The fraction of sp³-hybridized carbons (Fsp3) is 0.472. The van der Waals surface area contributed by atoms with E-state index in [9.17, 15) is 28.8 Å². The maximum atomic E-state index is 14.7. The van der Waals surface area contributed by atoms with E-state index in [1.165, 1.54) is 32.2 Å². The minimum absolute atomic E-state index is 0.0161. The van der Waals surface area contributed by atoms with Gasteiger partial charge in [-0.15, -0.1) is 0 Å². The van der Waals surface area contributed by atoms with Gasteiger partial charge >= 0.3 is 18.2 Å². The SMILES string of the molecule is C=CCOC(=O)NC(C(=O)NC(C)C(=O)Nc1ccc(COC(=O)Nc2cc(OCc3cc(CBr)cc(C(=O)OC(C)(C)C)c3)c(OC)cc2C(=O)N2CC(=C)CC2CO[Si](C)(C)C(C)(C)C)cc1)C(C)C.